The van der Waals surface area contributed by atoms with Crippen LogP contribution in [-0.2, 0) is 0 Å². The minimum Gasteiger partial charge on any atom is -0.356 e. The lowest BCUT2D eigenvalue weighted by Gasteiger charge is -2.29. The lowest BCUT2D eigenvalue weighted by Crippen LogP contribution is -2.31. The van der Waals surface area contributed by atoms with Crippen molar-refractivity contribution < 1.29 is 0 Å². The molecule has 8 heteroatoms. The molecule has 0 N–H and O–H groups in total. The zero-order valence-corrected chi connectivity index (χ0v) is 22.2. The minimum atomic E-state index is 0.678. The van der Waals surface area contributed by atoms with Crippen LogP contribution in [0.25, 0.3) is 53.9 Å². The Balaban J connectivity index is 1.56. The second-order valence-electron chi connectivity index (χ2n) is 9.93. The Labute approximate surface area is 224 Å². The normalized spacial score (nSPS) is 14.0. The van der Waals surface area contributed by atoms with Crippen LogP contribution in [0.2, 0.25) is 0 Å². The molecule has 0 atom stereocenters. The summed E-state index contributed by atoms with van der Waals surface area (Å²) in [4.78, 5) is 20.3. The van der Waals surface area contributed by atoms with E-state index >= 15 is 0 Å². The standard InChI is InChI=1S/C30H27N7S/c1-36(2)30-32-27-21(28(33-30)37-16-10-5-11-17-37)18-22-26(31-27)24-23(19-12-6-3-7-13-19)25(34-35-29(24)38-22)20-14-8-4-9-15-20/h3-4,6-9,12-15,18H,5,10-11,16-17H2,1-2H3. The summed E-state index contributed by atoms with van der Waals surface area (Å²) >= 11 is 1.63. The van der Waals surface area contributed by atoms with Gasteiger partial charge in [0.1, 0.15) is 16.3 Å². The maximum atomic E-state index is 5.22. The second kappa shape index (κ2) is 9.29. The predicted molar refractivity (Wildman–Crippen MR) is 157 cm³/mol. The summed E-state index contributed by atoms with van der Waals surface area (Å²) in [5.74, 6) is 1.65. The summed E-state index contributed by atoms with van der Waals surface area (Å²) in [6, 6.07) is 22.9. The predicted octanol–water partition coefficient (Wildman–Crippen LogP) is 6.57. The van der Waals surface area contributed by atoms with E-state index in [1.165, 1.54) is 19.3 Å². The Morgan fingerprint density at radius 2 is 1.50 bits per heavy atom. The molecule has 0 radical (unpaired) electrons. The monoisotopic (exact) mass is 517 g/mol. The van der Waals surface area contributed by atoms with Crippen molar-refractivity contribution >= 4 is 54.6 Å². The van der Waals surface area contributed by atoms with Gasteiger partial charge in [0.25, 0.3) is 0 Å². The number of pyridine rings is 1. The first kappa shape index (κ1) is 23.0. The zero-order valence-electron chi connectivity index (χ0n) is 21.4. The molecule has 1 aliphatic heterocycles. The minimum absolute atomic E-state index is 0.678. The number of hydrogen-bond donors (Lipinski definition) is 0. The smallest absolute Gasteiger partial charge is 0.228 e. The second-order valence-corrected chi connectivity index (χ2v) is 11.0. The summed E-state index contributed by atoms with van der Waals surface area (Å²) in [5.41, 5.74) is 5.67. The van der Waals surface area contributed by atoms with Crippen LogP contribution in [0.3, 0.4) is 0 Å². The zero-order chi connectivity index (χ0) is 25.6. The van der Waals surface area contributed by atoms with Crippen LogP contribution in [0.4, 0.5) is 11.8 Å². The van der Waals surface area contributed by atoms with Crippen LogP contribution in [0.15, 0.2) is 66.7 Å². The van der Waals surface area contributed by atoms with E-state index in [1.807, 2.05) is 43.3 Å². The van der Waals surface area contributed by atoms with Gasteiger partial charge in [-0.1, -0.05) is 60.7 Å². The molecule has 0 unspecified atom stereocenters. The lowest BCUT2D eigenvalue weighted by atomic mass is 9.97. The Morgan fingerprint density at radius 3 is 2.21 bits per heavy atom. The highest BCUT2D eigenvalue weighted by Gasteiger charge is 2.23. The molecular weight excluding hydrogens is 490 g/mol. The van der Waals surface area contributed by atoms with E-state index in [-0.39, 0.29) is 0 Å². The average Bonchev–Trinajstić information content (AvgIpc) is 3.33. The van der Waals surface area contributed by atoms with Crippen LogP contribution in [0, 0.1) is 0 Å². The Kier molecular flexibility index (Phi) is 5.62. The SMILES string of the molecule is CN(C)c1nc(N2CCCCC2)c2cc3sc4nnc(-c5ccccc5)c(-c5ccccc5)c4c3nc2n1. The number of rotatable bonds is 4. The van der Waals surface area contributed by atoms with Crippen LogP contribution in [0.5, 0.6) is 0 Å². The first-order chi connectivity index (χ1) is 18.7. The quantitative estimate of drug-likeness (QED) is 0.262. The number of thiophene rings is 1. The van der Waals surface area contributed by atoms with Crippen molar-refractivity contribution in [3.63, 3.8) is 0 Å². The number of nitrogens with zero attached hydrogens (tertiary/aromatic N) is 7. The van der Waals surface area contributed by atoms with Crippen LogP contribution < -0.4 is 9.80 Å². The third-order valence-electron chi connectivity index (χ3n) is 7.17. The summed E-state index contributed by atoms with van der Waals surface area (Å²) in [6.07, 6.45) is 3.63. The molecule has 0 bridgehead atoms. The van der Waals surface area contributed by atoms with Gasteiger partial charge in [-0.2, -0.15) is 9.97 Å². The molecule has 0 amide bonds. The Bertz CT molecular complexity index is 1780. The molecule has 4 aromatic heterocycles. The molecule has 1 aliphatic rings. The summed E-state index contributed by atoms with van der Waals surface area (Å²) in [7, 11) is 3.96. The van der Waals surface area contributed by atoms with Crippen molar-refractivity contribution in [1.82, 2.24) is 25.1 Å². The fourth-order valence-electron chi connectivity index (χ4n) is 5.31. The van der Waals surface area contributed by atoms with Crippen molar-refractivity contribution in [1.29, 1.82) is 0 Å². The molecule has 7 nitrogen and oxygen atoms in total. The van der Waals surface area contributed by atoms with Gasteiger partial charge in [0.15, 0.2) is 5.65 Å². The van der Waals surface area contributed by atoms with Gasteiger partial charge in [0.05, 0.1) is 15.6 Å². The van der Waals surface area contributed by atoms with Crippen molar-refractivity contribution in [3.8, 4) is 22.4 Å². The highest BCUT2D eigenvalue weighted by molar-refractivity contribution is 7.25. The fraction of sp³-hybridized carbons (Fsp3) is 0.233. The van der Waals surface area contributed by atoms with Gasteiger partial charge in [0, 0.05) is 43.7 Å². The van der Waals surface area contributed by atoms with E-state index in [4.69, 9.17) is 25.1 Å². The molecule has 188 valence electrons. The Morgan fingerprint density at radius 1 is 0.789 bits per heavy atom. The molecule has 1 saturated heterocycles. The average molecular weight is 518 g/mol. The first-order valence-corrected chi connectivity index (χ1v) is 13.8. The van der Waals surface area contributed by atoms with Gasteiger partial charge in [-0.05, 0) is 30.9 Å². The van der Waals surface area contributed by atoms with E-state index < -0.39 is 0 Å². The van der Waals surface area contributed by atoms with Crippen molar-refractivity contribution in [3.05, 3.63) is 66.7 Å². The van der Waals surface area contributed by atoms with Gasteiger partial charge >= 0.3 is 0 Å². The highest BCUT2D eigenvalue weighted by atomic mass is 32.1. The number of anilines is 2. The molecule has 0 spiro atoms. The van der Waals surface area contributed by atoms with E-state index in [2.05, 4.69) is 47.4 Å². The van der Waals surface area contributed by atoms with Crippen molar-refractivity contribution in [2.75, 3.05) is 37.0 Å². The molecule has 5 heterocycles. The van der Waals surface area contributed by atoms with Gasteiger partial charge in [-0.15, -0.1) is 21.5 Å². The van der Waals surface area contributed by atoms with Crippen LogP contribution >= 0.6 is 11.3 Å². The highest BCUT2D eigenvalue weighted by Crippen LogP contribution is 2.43. The topological polar surface area (TPSA) is 70.9 Å². The number of aromatic nitrogens is 5. The third kappa shape index (κ3) is 3.83. The number of hydrogen-bond acceptors (Lipinski definition) is 8. The molecule has 38 heavy (non-hydrogen) atoms. The lowest BCUT2D eigenvalue weighted by molar-refractivity contribution is 0.574. The number of benzene rings is 2. The van der Waals surface area contributed by atoms with E-state index in [0.29, 0.717) is 11.6 Å². The molecule has 2 aromatic carbocycles. The third-order valence-corrected chi connectivity index (χ3v) is 8.18. The summed E-state index contributed by atoms with van der Waals surface area (Å²) in [6.45, 7) is 2.01. The first-order valence-electron chi connectivity index (χ1n) is 13.0. The number of fused-ring (bicyclic) bond motifs is 4. The van der Waals surface area contributed by atoms with E-state index in [0.717, 1.165) is 67.1 Å². The van der Waals surface area contributed by atoms with Crippen molar-refractivity contribution in [2.45, 2.75) is 19.3 Å². The van der Waals surface area contributed by atoms with Crippen LogP contribution in [0.1, 0.15) is 19.3 Å². The molecular formula is C30H27N7S. The van der Waals surface area contributed by atoms with Gasteiger partial charge in [0.2, 0.25) is 5.95 Å². The molecule has 7 rings (SSSR count). The van der Waals surface area contributed by atoms with Crippen LogP contribution in [-0.4, -0.2) is 52.3 Å². The maximum Gasteiger partial charge on any atom is 0.228 e. The number of piperidine rings is 1. The van der Waals surface area contributed by atoms with E-state index in [9.17, 15) is 0 Å². The maximum absolute atomic E-state index is 5.22. The largest absolute Gasteiger partial charge is 0.356 e. The van der Waals surface area contributed by atoms with Gasteiger partial charge in [-0.3, -0.25) is 0 Å². The van der Waals surface area contributed by atoms with Gasteiger partial charge in [-0.25, -0.2) is 4.98 Å². The summed E-state index contributed by atoms with van der Waals surface area (Å²) < 4.78 is 1.07. The molecule has 6 aromatic rings. The Hall–Kier alpha value is -4.17. The van der Waals surface area contributed by atoms with E-state index in [1.54, 1.807) is 11.3 Å². The summed E-state index contributed by atoms with van der Waals surface area (Å²) in [5, 5.41) is 11.5. The van der Waals surface area contributed by atoms with Gasteiger partial charge < -0.3 is 9.80 Å². The molecule has 1 fully saturated rings. The van der Waals surface area contributed by atoms with Crippen molar-refractivity contribution in [2.24, 2.45) is 0 Å². The molecule has 0 aliphatic carbocycles. The fourth-order valence-corrected chi connectivity index (χ4v) is 6.33. The molecule has 0 saturated carbocycles.